The Hall–Kier alpha value is -0.490. The highest BCUT2D eigenvalue weighted by molar-refractivity contribution is 7.09. The second kappa shape index (κ2) is 4.35. The van der Waals surface area contributed by atoms with Crippen molar-refractivity contribution in [3.05, 3.63) is 16.1 Å². The SMILES string of the molecule is NC[C@H](O)CN1CCc2ncsc2C1. The number of thiazole rings is 1. The normalized spacial score (nSPS) is 19.3. The lowest BCUT2D eigenvalue weighted by Gasteiger charge is -2.27. The second-order valence-electron chi connectivity index (χ2n) is 3.60. The van der Waals surface area contributed by atoms with E-state index in [-0.39, 0.29) is 0 Å². The monoisotopic (exact) mass is 213 g/mol. The first kappa shape index (κ1) is 10.0. The Morgan fingerprint density at radius 3 is 3.36 bits per heavy atom. The third-order valence-electron chi connectivity index (χ3n) is 2.50. The molecule has 0 spiro atoms. The third kappa shape index (κ3) is 2.12. The van der Waals surface area contributed by atoms with E-state index in [0.29, 0.717) is 13.1 Å². The summed E-state index contributed by atoms with van der Waals surface area (Å²) in [6.45, 7) is 2.91. The van der Waals surface area contributed by atoms with Crippen molar-refractivity contribution in [1.82, 2.24) is 9.88 Å². The minimum Gasteiger partial charge on any atom is -0.390 e. The molecule has 1 aliphatic heterocycles. The van der Waals surface area contributed by atoms with Gasteiger partial charge in [-0.1, -0.05) is 0 Å². The molecule has 5 heteroatoms. The van der Waals surface area contributed by atoms with Crippen molar-refractivity contribution in [2.24, 2.45) is 5.73 Å². The Bertz CT molecular complexity index is 302. The summed E-state index contributed by atoms with van der Waals surface area (Å²) in [7, 11) is 0. The highest BCUT2D eigenvalue weighted by atomic mass is 32.1. The maximum Gasteiger partial charge on any atom is 0.0798 e. The summed E-state index contributed by atoms with van der Waals surface area (Å²) >= 11 is 1.70. The first-order chi connectivity index (χ1) is 6.79. The number of nitrogens with two attached hydrogens (primary N) is 1. The fourth-order valence-electron chi connectivity index (χ4n) is 1.70. The number of rotatable bonds is 3. The Morgan fingerprint density at radius 1 is 1.71 bits per heavy atom. The molecule has 2 rings (SSSR count). The van der Waals surface area contributed by atoms with Gasteiger partial charge in [-0.15, -0.1) is 11.3 Å². The van der Waals surface area contributed by atoms with Gasteiger partial charge in [-0.3, -0.25) is 4.90 Å². The number of aromatic nitrogens is 1. The lowest BCUT2D eigenvalue weighted by atomic mass is 10.1. The van der Waals surface area contributed by atoms with Crippen molar-refractivity contribution in [3.63, 3.8) is 0 Å². The van der Waals surface area contributed by atoms with Crippen LogP contribution < -0.4 is 5.73 Å². The lowest BCUT2D eigenvalue weighted by Crippen LogP contribution is -2.39. The fraction of sp³-hybridized carbons (Fsp3) is 0.667. The van der Waals surface area contributed by atoms with E-state index in [1.54, 1.807) is 11.3 Å². The summed E-state index contributed by atoms with van der Waals surface area (Å²) in [6.07, 6.45) is 0.598. The van der Waals surface area contributed by atoms with E-state index in [2.05, 4.69) is 9.88 Å². The van der Waals surface area contributed by atoms with Gasteiger partial charge in [-0.2, -0.15) is 0 Å². The fourth-order valence-corrected chi connectivity index (χ4v) is 2.56. The van der Waals surface area contributed by atoms with E-state index in [4.69, 9.17) is 5.73 Å². The van der Waals surface area contributed by atoms with Gasteiger partial charge < -0.3 is 10.8 Å². The van der Waals surface area contributed by atoms with Crippen molar-refractivity contribution in [2.75, 3.05) is 19.6 Å². The predicted octanol–water partition coefficient (Wildman–Crippen LogP) is -0.179. The van der Waals surface area contributed by atoms with Gasteiger partial charge in [0.2, 0.25) is 0 Å². The van der Waals surface area contributed by atoms with Crippen molar-refractivity contribution < 1.29 is 5.11 Å². The molecule has 78 valence electrons. The maximum absolute atomic E-state index is 9.43. The van der Waals surface area contributed by atoms with E-state index < -0.39 is 6.10 Å². The molecule has 0 amide bonds. The first-order valence-electron chi connectivity index (χ1n) is 4.81. The van der Waals surface area contributed by atoms with Crippen LogP contribution in [0.5, 0.6) is 0 Å². The molecule has 1 aromatic heterocycles. The zero-order valence-corrected chi connectivity index (χ0v) is 8.83. The molecule has 4 nitrogen and oxygen atoms in total. The van der Waals surface area contributed by atoms with Gasteiger partial charge in [-0.25, -0.2) is 4.98 Å². The molecule has 0 aromatic carbocycles. The molecular weight excluding hydrogens is 198 g/mol. The standard InChI is InChI=1S/C9H15N3OS/c10-3-7(13)4-12-2-1-8-9(5-12)14-6-11-8/h6-7,13H,1-5,10H2/t7-/m0/s1. The van der Waals surface area contributed by atoms with Gasteiger partial charge in [0.15, 0.2) is 0 Å². The molecule has 0 saturated heterocycles. The minimum absolute atomic E-state index is 0.339. The van der Waals surface area contributed by atoms with E-state index >= 15 is 0 Å². The Labute approximate surface area is 87.4 Å². The van der Waals surface area contributed by atoms with Gasteiger partial charge in [0.25, 0.3) is 0 Å². The van der Waals surface area contributed by atoms with Crippen LogP contribution in [-0.4, -0.2) is 40.7 Å². The van der Waals surface area contributed by atoms with E-state index in [1.807, 2.05) is 5.51 Å². The number of fused-ring (bicyclic) bond motifs is 1. The zero-order valence-electron chi connectivity index (χ0n) is 8.02. The first-order valence-corrected chi connectivity index (χ1v) is 5.69. The van der Waals surface area contributed by atoms with Crippen LogP contribution in [-0.2, 0) is 13.0 Å². The second-order valence-corrected chi connectivity index (χ2v) is 4.54. The van der Waals surface area contributed by atoms with Crippen LogP contribution in [0.3, 0.4) is 0 Å². The summed E-state index contributed by atoms with van der Waals surface area (Å²) in [4.78, 5) is 7.86. The van der Waals surface area contributed by atoms with E-state index in [9.17, 15) is 5.11 Å². The number of β-amino-alcohol motifs (C(OH)–C–C–N with tert-alkyl or cyclic N) is 1. The van der Waals surface area contributed by atoms with Crippen LogP contribution in [0.25, 0.3) is 0 Å². The Kier molecular flexibility index (Phi) is 3.12. The van der Waals surface area contributed by atoms with Crippen LogP contribution in [0.15, 0.2) is 5.51 Å². The highest BCUT2D eigenvalue weighted by Gasteiger charge is 2.19. The van der Waals surface area contributed by atoms with Crippen LogP contribution in [0, 0.1) is 0 Å². The molecule has 0 radical (unpaired) electrons. The predicted molar refractivity (Wildman–Crippen MR) is 56.2 cm³/mol. The number of nitrogens with zero attached hydrogens (tertiary/aromatic N) is 2. The smallest absolute Gasteiger partial charge is 0.0798 e. The Morgan fingerprint density at radius 2 is 2.57 bits per heavy atom. The number of hydrogen-bond acceptors (Lipinski definition) is 5. The van der Waals surface area contributed by atoms with Gasteiger partial charge in [0, 0.05) is 37.5 Å². The molecule has 3 N–H and O–H groups in total. The van der Waals surface area contributed by atoms with Crippen LogP contribution >= 0.6 is 11.3 Å². The van der Waals surface area contributed by atoms with Gasteiger partial charge in [0.1, 0.15) is 0 Å². The van der Waals surface area contributed by atoms with Gasteiger partial charge >= 0.3 is 0 Å². The van der Waals surface area contributed by atoms with Crippen molar-refractivity contribution in [3.8, 4) is 0 Å². The minimum atomic E-state index is -0.399. The molecular formula is C9H15N3OS. The van der Waals surface area contributed by atoms with Crippen molar-refractivity contribution >= 4 is 11.3 Å². The van der Waals surface area contributed by atoms with Crippen LogP contribution in [0.2, 0.25) is 0 Å². The third-order valence-corrected chi connectivity index (χ3v) is 3.36. The summed E-state index contributed by atoms with van der Waals surface area (Å²) in [5, 5.41) is 9.43. The van der Waals surface area contributed by atoms with E-state index in [0.717, 1.165) is 19.5 Å². The average Bonchev–Trinajstić information content (AvgIpc) is 2.64. The Balaban J connectivity index is 1.94. The summed E-state index contributed by atoms with van der Waals surface area (Å²) in [5.74, 6) is 0. The van der Waals surface area contributed by atoms with Gasteiger partial charge in [-0.05, 0) is 0 Å². The van der Waals surface area contributed by atoms with E-state index in [1.165, 1.54) is 10.6 Å². The summed E-state index contributed by atoms with van der Waals surface area (Å²) in [6, 6.07) is 0. The molecule has 14 heavy (non-hydrogen) atoms. The zero-order chi connectivity index (χ0) is 9.97. The summed E-state index contributed by atoms with van der Waals surface area (Å²) < 4.78 is 0. The summed E-state index contributed by atoms with van der Waals surface area (Å²) in [5.41, 5.74) is 8.50. The molecule has 0 bridgehead atoms. The molecule has 1 aliphatic rings. The molecule has 0 unspecified atom stereocenters. The largest absolute Gasteiger partial charge is 0.390 e. The highest BCUT2D eigenvalue weighted by Crippen LogP contribution is 2.21. The molecule has 0 aliphatic carbocycles. The van der Waals surface area contributed by atoms with Crippen molar-refractivity contribution in [2.45, 2.75) is 19.1 Å². The molecule has 1 aromatic rings. The molecule has 0 fully saturated rings. The van der Waals surface area contributed by atoms with Crippen molar-refractivity contribution in [1.29, 1.82) is 0 Å². The van der Waals surface area contributed by atoms with Crippen LogP contribution in [0.4, 0.5) is 0 Å². The van der Waals surface area contributed by atoms with Gasteiger partial charge in [0.05, 0.1) is 17.3 Å². The quantitative estimate of drug-likeness (QED) is 0.731. The lowest BCUT2D eigenvalue weighted by molar-refractivity contribution is 0.112. The van der Waals surface area contributed by atoms with Crippen LogP contribution in [0.1, 0.15) is 10.6 Å². The molecule has 2 heterocycles. The number of aliphatic hydroxyl groups is 1. The molecule has 1 atom stereocenters. The average molecular weight is 213 g/mol. The maximum atomic E-state index is 9.43. The number of aliphatic hydroxyl groups excluding tert-OH is 1. The molecule has 0 saturated carbocycles. The topological polar surface area (TPSA) is 62.4 Å². The number of hydrogen-bond donors (Lipinski definition) is 2.